The molecular formula is C12H14ClN3O3. The summed E-state index contributed by atoms with van der Waals surface area (Å²) >= 11 is 0. The van der Waals surface area contributed by atoms with Gasteiger partial charge in [-0.1, -0.05) is 6.58 Å². The molecule has 1 aliphatic heterocycles. The van der Waals surface area contributed by atoms with Crippen molar-refractivity contribution < 1.29 is 14.7 Å². The lowest BCUT2D eigenvalue weighted by Gasteiger charge is -2.12. The van der Waals surface area contributed by atoms with Crippen LogP contribution >= 0.6 is 12.4 Å². The van der Waals surface area contributed by atoms with Crippen LogP contribution in [0.1, 0.15) is 11.1 Å². The molecule has 6 nitrogen and oxygen atoms in total. The quantitative estimate of drug-likeness (QED) is 0.791. The van der Waals surface area contributed by atoms with Gasteiger partial charge in [-0.3, -0.25) is 9.69 Å². The van der Waals surface area contributed by atoms with E-state index in [1.807, 2.05) is 11.9 Å². The number of hydrogen-bond acceptors (Lipinski definition) is 4. The largest absolute Gasteiger partial charge is 0.478 e. The molecular weight excluding hydrogens is 270 g/mol. The summed E-state index contributed by atoms with van der Waals surface area (Å²) in [5, 5.41) is 11.6. The van der Waals surface area contributed by atoms with Crippen molar-refractivity contribution in [3.8, 4) is 0 Å². The number of hydrogen-bond donors (Lipinski definition) is 2. The first-order valence-corrected chi connectivity index (χ1v) is 5.37. The van der Waals surface area contributed by atoms with Crippen molar-refractivity contribution in [3.05, 3.63) is 30.0 Å². The highest BCUT2D eigenvalue weighted by atomic mass is 35.5. The van der Waals surface area contributed by atoms with Crippen LogP contribution in [0.5, 0.6) is 0 Å². The molecule has 1 amide bonds. The van der Waals surface area contributed by atoms with Gasteiger partial charge in [0.2, 0.25) is 5.91 Å². The highest BCUT2D eigenvalue weighted by Gasteiger charge is 2.19. The highest BCUT2D eigenvalue weighted by molar-refractivity contribution is 6.14. The number of carboxylic acids is 1. The minimum atomic E-state index is -1.08. The summed E-state index contributed by atoms with van der Waals surface area (Å²) in [5.41, 5.74) is 1.22. The molecule has 1 aromatic rings. The van der Waals surface area contributed by atoms with Gasteiger partial charge in [0.15, 0.2) is 0 Å². The van der Waals surface area contributed by atoms with E-state index in [1.54, 1.807) is 6.07 Å². The lowest BCUT2D eigenvalue weighted by Crippen LogP contribution is -2.26. The summed E-state index contributed by atoms with van der Waals surface area (Å²) in [6.07, 6.45) is 1.40. The van der Waals surface area contributed by atoms with Crippen LogP contribution in [0.4, 0.5) is 5.82 Å². The Kier molecular flexibility index (Phi) is 4.63. The number of fused-ring (bicyclic) bond motifs is 1. The first-order valence-electron chi connectivity index (χ1n) is 5.37. The number of pyridine rings is 1. The van der Waals surface area contributed by atoms with Gasteiger partial charge in [0, 0.05) is 23.9 Å². The maximum Gasteiger partial charge on any atom is 0.335 e. The van der Waals surface area contributed by atoms with Crippen LogP contribution in [-0.2, 0) is 16.1 Å². The fourth-order valence-corrected chi connectivity index (χ4v) is 1.80. The Balaban J connectivity index is 0.00000180. The van der Waals surface area contributed by atoms with E-state index in [0.717, 1.165) is 5.56 Å². The normalized spacial score (nSPS) is 14.7. The van der Waals surface area contributed by atoms with Crippen molar-refractivity contribution in [1.82, 2.24) is 9.88 Å². The van der Waals surface area contributed by atoms with Crippen molar-refractivity contribution in [3.63, 3.8) is 0 Å². The van der Waals surface area contributed by atoms with Crippen LogP contribution in [0.3, 0.4) is 0 Å². The van der Waals surface area contributed by atoms with Crippen molar-refractivity contribution in [1.29, 1.82) is 0 Å². The van der Waals surface area contributed by atoms with Crippen molar-refractivity contribution in [2.45, 2.75) is 6.54 Å². The maximum absolute atomic E-state index is 11.5. The Morgan fingerprint density at radius 1 is 1.53 bits per heavy atom. The molecule has 19 heavy (non-hydrogen) atoms. The zero-order valence-corrected chi connectivity index (χ0v) is 11.2. The maximum atomic E-state index is 11.5. The second-order valence-electron chi connectivity index (χ2n) is 4.24. The van der Waals surface area contributed by atoms with E-state index in [0.29, 0.717) is 17.9 Å². The molecule has 0 atom stereocenters. The molecule has 7 heteroatoms. The molecule has 2 N–H and O–H groups in total. The Labute approximate surface area is 116 Å². The van der Waals surface area contributed by atoms with Crippen molar-refractivity contribution in [2.24, 2.45) is 0 Å². The molecule has 0 saturated carbocycles. The third-order valence-electron chi connectivity index (χ3n) is 2.68. The minimum absolute atomic E-state index is 0. The first-order chi connectivity index (χ1) is 8.47. The number of anilines is 1. The van der Waals surface area contributed by atoms with E-state index in [2.05, 4.69) is 16.9 Å². The van der Waals surface area contributed by atoms with Crippen LogP contribution in [0.2, 0.25) is 0 Å². The molecule has 102 valence electrons. The van der Waals surface area contributed by atoms with E-state index >= 15 is 0 Å². The molecule has 2 rings (SSSR count). The molecule has 1 aromatic heterocycles. The van der Waals surface area contributed by atoms with Crippen molar-refractivity contribution >= 4 is 35.7 Å². The van der Waals surface area contributed by atoms with Gasteiger partial charge in [-0.25, -0.2) is 9.78 Å². The molecule has 0 fully saturated rings. The Morgan fingerprint density at radius 2 is 2.21 bits per heavy atom. The number of nitrogens with one attached hydrogen (secondary N) is 1. The molecule has 1 aliphatic rings. The highest BCUT2D eigenvalue weighted by Crippen LogP contribution is 2.22. The first kappa shape index (κ1) is 15.1. The number of aromatic nitrogens is 1. The molecule has 0 spiro atoms. The predicted molar refractivity (Wildman–Crippen MR) is 73.1 cm³/mol. The SMILES string of the molecule is C=C(C(=O)O)c1cnc2c(c1)CN(C)CC(=O)N2.Cl. The second kappa shape index (κ2) is 5.81. The zero-order chi connectivity index (χ0) is 13.3. The summed E-state index contributed by atoms with van der Waals surface area (Å²) in [7, 11) is 1.81. The van der Waals surface area contributed by atoms with E-state index < -0.39 is 5.97 Å². The average molecular weight is 284 g/mol. The van der Waals surface area contributed by atoms with E-state index in [9.17, 15) is 9.59 Å². The molecule has 0 aliphatic carbocycles. The van der Waals surface area contributed by atoms with Gasteiger partial charge in [-0.15, -0.1) is 12.4 Å². The molecule has 0 aromatic carbocycles. The molecule has 0 bridgehead atoms. The van der Waals surface area contributed by atoms with Crippen LogP contribution in [-0.4, -0.2) is 40.5 Å². The molecule has 0 unspecified atom stereocenters. The van der Waals surface area contributed by atoms with Gasteiger partial charge >= 0.3 is 5.97 Å². The van der Waals surface area contributed by atoms with Crippen molar-refractivity contribution in [2.75, 3.05) is 18.9 Å². The van der Waals surface area contributed by atoms with E-state index in [-0.39, 0.29) is 30.4 Å². The van der Waals surface area contributed by atoms with Gasteiger partial charge in [-0.2, -0.15) is 0 Å². The molecule has 2 heterocycles. The fourth-order valence-electron chi connectivity index (χ4n) is 1.80. The number of nitrogens with zero attached hydrogens (tertiary/aromatic N) is 2. The van der Waals surface area contributed by atoms with Crippen LogP contribution < -0.4 is 5.32 Å². The van der Waals surface area contributed by atoms with Crippen LogP contribution in [0, 0.1) is 0 Å². The predicted octanol–water partition coefficient (Wildman–Crippen LogP) is 0.985. The number of carboxylic acid groups (broad SMARTS) is 1. The summed E-state index contributed by atoms with van der Waals surface area (Å²) in [4.78, 5) is 28.2. The summed E-state index contributed by atoms with van der Waals surface area (Å²) in [6.45, 7) is 4.30. The second-order valence-corrected chi connectivity index (χ2v) is 4.24. The van der Waals surface area contributed by atoms with E-state index in [1.165, 1.54) is 6.20 Å². The number of carbonyl (C=O) groups excluding carboxylic acids is 1. The average Bonchev–Trinajstić information content (AvgIpc) is 2.43. The number of likely N-dealkylation sites (N-methyl/N-ethyl adjacent to an activating group) is 1. The zero-order valence-electron chi connectivity index (χ0n) is 10.3. The monoisotopic (exact) mass is 283 g/mol. The standard InChI is InChI=1S/C12H13N3O3.ClH/c1-7(12(17)18)8-3-9-5-15(2)6-10(16)14-11(9)13-4-8;/h3-4H,1,5-6H2,2H3,(H,17,18)(H,13,14,16);1H. The smallest absolute Gasteiger partial charge is 0.335 e. The number of rotatable bonds is 2. The third-order valence-corrected chi connectivity index (χ3v) is 2.68. The van der Waals surface area contributed by atoms with Crippen LogP contribution in [0.25, 0.3) is 5.57 Å². The van der Waals surface area contributed by atoms with Crippen LogP contribution in [0.15, 0.2) is 18.8 Å². The topological polar surface area (TPSA) is 82.5 Å². The van der Waals surface area contributed by atoms with Gasteiger partial charge in [-0.05, 0) is 13.1 Å². The number of halogens is 1. The number of amides is 1. The number of aliphatic carboxylic acids is 1. The van der Waals surface area contributed by atoms with Gasteiger partial charge in [0.25, 0.3) is 0 Å². The Bertz CT molecular complexity index is 545. The Hall–Kier alpha value is -1.92. The molecule has 0 saturated heterocycles. The van der Waals surface area contributed by atoms with Gasteiger partial charge in [0.05, 0.1) is 12.1 Å². The van der Waals surface area contributed by atoms with E-state index in [4.69, 9.17) is 5.11 Å². The Morgan fingerprint density at radius 3 is 2.84 bits per heavy atom. The lowest BCUT2D eigenvalue weighted by atomic mass is 10.1. The summed E-state index contributed by atoms with van der Waals surface area (Å²) < 4.78 is 0. The fraction of sp³-hybridized carbons (Fsp3) is 0.250. The lowest BCUT2D eigenvalue weighted by molar-refractivity contribution is -0.130. The molecule has 0 radical (unpaired) electrons. The summed E-state index contributed by atoms with van der Waals surface area (Å²) in [5.74, 6) is -0.734. The third kappa shape index (κ3) is 3.30. The summed E-state index contributed by atoms with van der Waals surface area (Å²) in [6, 6.07) is 1.70. The van der Waals surface area contributed by atoms with Gasteiger partial charge < -0.3 is 10.4 Å². The van der Waals surface area contributed by atoms with Gasteiger partial charge in [0.1, 0.15) is 5.82 Å². The minimum Gasteiger partial charge on any atom is -0.478 e. The number of carbonyl (C=O) groups is 2.